The van der Waals surface area contributed by atoms with Gasteiger partial charge in [0.15, 0.2) is 0 Å². The van der Waals surface area contributed by atoms with E-state index >= 15 is 0 Å². The molecule has 7 nitrogen and oxygen atoms in total. The Morgan fingerprint density at radius 1 is 1.19 bits per heavy atom. The number of ether oxygens (including phenoxy) is 1. The number of urea groups is 1. The van der Waals surface area contributed by atoms with Gasteiger partial charge in [-0.05, 0) is 12.1 Å². The second-order valence-corrected chi connectivity index (χ2v) is 4.55. The Kier molecular flexibility index (Phi) is 7.03. The molecule has 116 valence electrons. The third-order valence-electron chi connectivity index (χ3n) is 2.65. The predicted molar refractivity (Wildman–Crippen MR) is 81.6 cm³/mol. The van der Waals surface area contributed by atoms with Gasteiger partial charge in [-0.25, -0.2) is 4.79 Å². The van der Waals surface area contributed by atoms with Gasteiger partial charge in [-0.3, -0.25) is 4.79 Å². The highest BCUT2D eigenvalue weighted by atomic mass is 16.5. The zero-order valence-corrected chi connectivity index (χ0v) is 12.6. The molecular formula is C14H22N4O3. The van der Waals surface area contributed by atoms with Gasteiger partial charge in [-0.2, -0.15) is 0 Å². The maximum absolute atomic E-state index is 11.8. The largest absolute Gasteiger partial charge is 0.495 e. The Labute approximate surface area is 124 Å². The van der Waals surface area contributed by atoms with Crippen LogP contribution in [0.2, 0.25) is 0 Å². The number of anilines is 1. The molecule has 0 unspecified atom stereocenters. The van der Waals surface area contributed by atoms with E-state index in [9.17, 15) is 9.59 Å². The number of hydrogen-bond donors (Lipinski definition) is 3. The van der Waals surface area contributed by atoms with Crippen LogP contribution in [0.25, 0.3) is 0 Å². The van der Waals surface area contributed by atoms with E-state index in [2.05, 4.69) is 16.0 Å². The summed E-state index contributed by atoms with van der Waals surface area (Å²) >= 11 is 0. The van der Waals surface area contributed by atoms with Gasteiger partial charge in [0.25, 0.3) is 0 Å². The number of carbonyl (C=O) groups is 2. The van der Waals surface area contributed by atoms with Crippen LogP contribution in [0.3, 0.4) is 0 Å². The number of benzene rings is 1. The van der Waals surface area contributed by atoms with E-state index in [-0.39, 0.29) is 18.5 Å². The lowest BCUT2D eigenvalue weighted by Gasteiger charge is -2.12. The molecule has 3 N–H and O–H groups in total. The van der Waals surface area contributed by atoms with Crippen molar-refractivity contribution < 1.29 is 14.3 Å². The monoisotopic (exact) mass is 294 g/mol. The number of nitrogens with zero attached hydrogens (tertiary/aromatic N) is 1. The molecule has 0 radical (unpaired) electrons. The fourth-order valence-corrected chi connectivity index (χ4v) is 1.56. The minimum atomic E-state index is -0.168. The number of rotatable bonds is 7. The smallest absolute Gasteiger partial charge is 0.316 e. The summed E-state index contributed by atoms with van der Waals surface area (Å²) in [5.41, 5.74) is 0.632. The molecule has 0 bridgehead atoms. The third-order valence-corrected chi connectivity index (χ3v) is 2.65. The Bertz CT molecular complexity index is 477. The summed E-state index contributed by atoms with van der Waals surface area (Å²) in [5.74, 6) is 0.447. The normalized spacial score (nSPS) is 9.86. The van der Waals surface area contributed by atoms with Crippen LogP contribution in [-0.4, -0.2) is 57.7 Å². The van der Waals surface area contributed by atoms with E-state index in [0.717, 1.165) is 0 Å². The molecule has 7 heteroatoms. The molecule has 0 atom stereocenters. The van der Waals surface area contributed by atoms with Crippen LogP contribution in [0.5, 0.6) is 5.75 Å². The van der Waals surface area contributed by atoms with Gasteiger partial charge in [-0.15, -0.1) is 0 Å². The molecule has 3 amide bonds. The lowest BCUT2D eigenvalue weighted by Crippen LogP contribution is -2.39. The number of carbonyl (C=O) groups excluding carboxylic acids is 2. The molecule has 0 aliphatic heterocycles. The predicted octanol–water partition coefficient (Wildman–Crippen LogP) is 0.495. The van der Waals surface area contributed by atoms with E-state index in [1.807, 2.05) is 12.1 Å². The maximum atomic E-state index is 11.8. The first kappa shape index (κ1) is 16.8. The summed E-state index contributed by atoms with van der Waals surface area (Å²) < 4.78 is 5.15. The topological polar surface area (TPSA) is 82.7 Å². The van der Waals surface area contributed by atoms with Crippen LogP contribution in [0.1, 0.15) is 0 Å². The second kappa shape index (κ2) is 8.80. The van der Waals surface area contributed by atoms with Crippen molar-refractivity contribution in [2.24, 2.45) is 0 Å². The number of amides is 3. The average molecular weight is 294 g/mol. The van der Waals surface area contributed by atoms with Gasteiger partial charge in [0.1, 0.15) is 5.75 Å². The molecule has 1 aromatic rings. The highest BCUT2D eigenvalue weighted by Gasteiger charge is 2.06. The van der Waals surface area contributed by atoms with Crippen molar-refractivity contribution in [2.45, 2.75) is 0 Å². The van der Waals surface area contributed by atoms with Crippen LogP contribution >= 0.6 is 0 Å². The lowest BCUT2D eigenvalue weighted by molar-refractivity contribution is -0.115. The summed E-state index contributed by atoms with van der Waals surface area (Å²) in [6.07, 6.45) is 0. The molecule has 0 heterocycles. The van der Waals surface area contributed by atoms with Crippen molar-refractivity contribution >= 4 is 17.6 Å². The highest BCUT2D eigenvalue weighted by molar-refractivity contribution is 5.93. The fraction of sp³-hybridized carbons (Fsp3) is 0.429. The van der Waals surface area contributed by atoms with Gasteiger partial charge >= 0.3 is 6.03 Å². The second-order valence-electron chi connectivity index (χ2n) is 4.55. The van der Waals surface area contributed by atoms with E-state index in [4.69, 9.17) is 4.74 Å². The van der Waals surface area contributed by atoms with E-state index < -0.39 is 0 Å². The van der Waals surface area contributed by atoms with Crippen molar-refractivity contribution in [1.29, 1.82) is 0 Å². The van der Waals surface area contributed by atoms with Crippen LogP contribution in [0.15, 0.2) is 24.3 Å². The minimum absolute atomic E-state index is 0.157. The van der Waals surface area contributed by atoms with Crippen molar-refractivity contribution in [3.05, 3.63) is 24.3 Å². The molecule has 1 aromatic carbocycles. The average Bonchev–Trinajstić information content (AvgIpc) is 2.47. The summed E-state index contributed by atoms with van der Waals surface area (Å²) in [7, 11) is 4.89. The Morgan fingerprint density at radius 3 is 2.57 bits per heavy atom. The van der Waals surface area contributed by atoms with Gasteiger partial charge in [0, 0.05) is 27.2 Å². The fourth-order valence-electron chi connectivity index (χ4n) is 1.56. The first-order chi connectivity index (χ1) is 10.0. The Balaban J connectivity index is 2.24. The van der Waals surface area contributed by atoms with E-state index in [0.29, 0.717) is 24.5 Å². The van der Waals surface area contributed by atoms with Gasteiger partial charge < -0.3 is 25.6 Å². The molecule has 0 fully saturated rings. The molecule has 1 rings (SSSR count). The zero-order chi connectivity index (χ0) is 15.7. The Hall–Kier alpha value is -2.28. The van der Waals surface area contributed by atoms with E-state index in [1.54, 1.807) is 33.3 Å². The Morgan fingerprint density at radius 2 is 1.90 bits per heavy atom. The number of methoxy groups -OCH3 is 1. The molecule has 0 saturated heterocycles. The van der Waals surface area contributed by atoms with Crippen molar-refractivity contribution in [1.82, 2.24) is 15.5 Å². The van der Waals surface area contributed by atoms with Crippen molar-refractivity contribution in [3.8, 4) is 5.75 Å². The summed E-state index contributed by atoms with van der Waals surface area (Å²) in [6.45, 7) is 1.13. The quantitative estimate of drug-likeness (QED) is 0.639. The minimum Gasteiger partial charge on any atom is -0.495 e. The standard InChI is InChI=1S/C14H22N4O3/c1-18(2)14(20)16-9-8-15-10-13(19)17-11-6-4-5-7-12(11)21-3/h4-7,15H,8-10H2,1-3H3,(H,16,20)(H,17,19). The number of para-hydroxylation sites is 2. The SMILES string of the molecule is COc1ccccc1NC(=O)CNCCNC(=O)N(C)C. The highest BCUT2D eigenvalue weighted by Crippen LogP contribution is 2.22. The number of nitrogens with one attached hydrogen (secondary N) is 3. The molecule has 0 saturated carbocycles. The van der Waals surface area contributed by atoms with Crippen LogP contribution < -0.4 is 20.7 Å². The summed E-state index contributed by atoms with van der Waals surface area (Å²) in [6, 6.07) is 7.05. The molecule has 0 spiro atoms. The van der Waals surface area contributed by atoms with Crippen molar-refractivity contribution in [3.63, 3.8) is 0 Å². The molecule has 0 aliphatic rings. The first-order valence-corrected chi connectivity index (χ1v) is 6.63. The van der Waals surface area contributed by atoms with Gasteiger partial charge in [0.2, 0.25) is 5.91 Å². The lowest BCUT2D eigenvalue weighted by atomic mass is 10.3. The zero-order valence-electron chi connectivity index (χ0n) is 12.6. The molecule has 21 heavy (non-hydrogen) atoms. The summed E-state index contributed by atoms with van der Waals surface area (Å²) in [5, 5.41) is 8.40. The van der Waals surface area contributed by atoms with Gasteiger partial charge in [-0.1, -0.05) is 12.1 Å². The third kappa shape index (κ3) is 6.13. The molecular weight excluding hydrogens is 272 g/mol. The van der Waals surface area contributed by atoms with Gasteiger partial charge in [0.05, 0.1) is 19.3 Å². The first-order valence-electron chi connectivity index (χ1n) is 6.63. The van der Waals surface area contributed by atoms with Crippen molar-refractivity contribution in [2.75, 3.05) is 46.2 Å². The van der Waals surface area contributed by atoms with E-state index in [1.165, 1.54) is 4.90 Å². The van der Waals surface area contributed by atoms with Crippen LogP contribution in [0, 0.1) is 0 Å². The molecule has 0 aliphatic carbocycles. The molecule has 0 aromatic heterocycles. The van der Waals surface area contributed by atoms with Crippen LogP contribution in [-0.2, 0) is 4.79 Å². The maximum Gasteiger partial charge on any atom is 0.316 e. The number of hydrogen-bond acceptors (Lipinski definition) is 4. The van der Waals surface area contributed by atoms with Crippen LogP contribution in [0.4, 0.5) is 10.5 Å². The summed E-state index contributed by atoms with van der Waals surface area (Å²) in [4.78, 5) is 24.5.